The standard InChI is InChI=1S/C11H10ClFO/c1-2-3-4-11(14)8-5-6-10(13)9(12)7-8/h3-7H,2H2,1H3/b4-3+. The van der Waals surface area contributed by atoms with Gasteiger partial charge in [0, 0.05) is 5.56 Å². The van der Waals surface area contributed by atoms with E-state index in [1.54, 1.807) is 6.08 Å². The van der Waals surface area contributed by atoms with Crippen LogP contribution in [0.2, 0.25) is 5.02 Å². The summed E-state index contributed by atoms with van der Waals surface area (Å²) in [4.78, 5) is 11.4. The second kappa shape index (κ2) is 4.91. The lowest BCUT2D eigenvalue weighted by Gasteiger charge is -1.97. The van der Waals surface area contributed by atoms with E-state index in [0.717, 1.165) is 6.42 Å². The van der Waals surface area contributed by atoms with Gasteiger partial charge in [0.05, 0.1) is 5.02 Å². The number of rotatable bonds is 3. The minimum absolute atomic E-state index is 0.0271. The average Bonchev–Trinajstić information content (AvgIpc) is 2.18. The van der Waals surface area contributed by atoms with Crippen LogP contribution in [-0.4, -0.2) is 5.78 Å². The molecule has 0 unspecified atom stereocenters. The van der Waals surface area contributed by atoms with E-state index < -0.39 is 5.82 Å². The van der Waals surface area contributed by atoms with Crippen molar-refractivity contribution in [2.24, 2.45) is 0 Å². The highest BCUT2D eigenvalue weighted by Gasteiger charge is 2.05. The molecule has 1 aromatic carbocycles. The Labute approximate surface area is 87.2 Å². The second-order valence-electron chi connectivity index (χ2n) is 2.80. The summed E-state index contributed by atoms with van der Waals surface area (Å²) in [6.07, 6.45) is 4.00. The fourth-order valence-electron chi connectivity index (χ4n) is 0.971. The molecule has 3 heteroatoms. The van der Waals surface area contributed by atoms with Crippen LogP contribution in [-0.2, 0) is 0 Å². The first-order chi connectivity index (χ1) is 6.65. The number of carbonyl (C=O) groups excluding carboxylic acids is 1. The van der Waals surface area contributed by atoms with E-state index in [1.807, 2.05) is 6.92 Å². The molecule has 0 atom stereocenters. The molecular formula is C11H10ClFO. The zero-order valence-electron chi connectivity index (χ0n) is 7.76. The summed E-state index contributed by atoms with van der Waals surface area (Å²) in [5.74, 6) is -0.670. The molecule has 1 rings (SSSR count). The molecule has 0 aliphatic carbocycles. The fourth-order valence-corrected chi connectivity index (χ4v) is 1.15. The van der Waals surface area contributed by atoms with Gasteiger partial charge in [0.15, 0.2) is 5.78 Å². The highest BCUT2D eigenvalue weighted by Crippen LogP contribution is 2.16. The quantitative estimate of drug-likeness (QED) is 0.552. The number of carbonyl (C=O) groups is 1. The summed E-state index contributed by atoms with van der Waals surface area (Å²) in [6.45, 7) is 1.93. The molecule has 0 bridgehead atoms. The molecule has 0 aliphatic heterocycles. The van der Waals surface area contributed by atoms with Gasteiger partial charge in [-0.2, -0.15) is 0 Å². The maximum Gasteiger partial charge on any atom is 0.185 e. The third-order valence-corrected chi connectivity index (χ3v) is 2.00. The lowest BCUT2D eigenvalue weighted by atomic mass is 10.1. The van der Waals surface area contributed by atoms with Crippen LogP contribution in [0, 0.1) is 5.82 Å². The van der Waals surface area contributed by atoms with Crippen LogP contribution >= 0.6 is 11.6 Å². The van der Waals surface area contributed by atoms with Gasteiger partial charge in [-0.05, 0) is 30.7 Å². The van der Waals surface area contributed by atoms with E-state index in [1.165, 1.54) is 24.3 Å². The molecule has 0 radical (unpaired) electrons. The Hall–Kier alpha value is -1.15. The van der Waals surface area contributed by atoms with Crippen LogP contribution in [0.4, 0.5) is 4.39 Å². The molecule has 14 heavy (non-hydrogen) atoms. The molecule has 0 N–H and O–H groups in total. The van der Waals surface area contributed by atoms with Crippen molar-refractivity contribution in [3.63, 3.8) is 0 Å². The number of allylic oxidation sites excluding steroid dienone is 2. The Balaban J connectivity index is 2.91. The van der Waals surface area contributed by atoms with Crippen molar-refractivity contribution in [2.75, 3.05) is 0 Å². The Bertz CT molecular complexity index is 372. The van der Waals surface area contributed by atoms with Gasteiger partial charge < -0.3 is 0 Å². The van der Waals surface area contributed by atoms with Gasteiger partial charge >= 0.3 is 0 Å². The van der Waals surface area contributed by atoms with E-state index in [-0.39, 0.29) is 10.8 Å². The maximum absolute atomic E-state index is 12.8. The number of ketones is 1. The Morgan fingerprint density at radius 3 is 2.86 bits per heavy atom. The predicted molar refractivity (Wildman–Crippen MR) is 55.2 cm³/mol. The third-order valence-electron chi connectivity index (χ3n) is 1.71. The lowest BCUT2D eigenvalue weighted by Crippen LogP contribution is -1.94. The first kappa shape index (κ1) is 10.9. The molecule has 0 amide bonds. The summed E-state index contributed by atoms with van der Waals surface area (Å²) >= 11 is 5.54. The highest BCUT2D eigenvalue weighted by molar-refractivity contribution is 6.31. The van der Waals surface area contributed by atoms with Gasteiger partial charge in [0.2, 0.25) is 0 Å². The fraction of sp³-hybridized carbons (Fsp3) is 0.182. The first-order valence-electron chi connectivity index (χ1n) is 4.31. The smallest absolute Gasteiger partial charge is 0.185 e. The molecule has 74 valence electrons. The number of halogens is 2. The summed E-state index contributed by atoms with van der Waals surface area (Å²) in [5.41, 5.74) is 0.404. The molecule has 0 aromatic heterocycles. The molecule has 0 saturated heterocycles. The molecule has 0 aliphatic rings. The average molecular weight is 213 g/mol. The third kappa shape index (κ3) is 2.67. The van der Waals surface area contributed by atoms with E-state index in [9.17, 15) is 9.18 Å². The summed E-state index contributed by atoms with van der Waals surface area (Å²) in [7, 11) is 0. The normalized spacial score (nSPS) is 10.8. The SMILES string of the molecule is CC/C=C/C(=O)c1ccc(F)c(Cl)c1. The van der Waals surface area contributed by atoms with Crippen LogP contribution in [0.15, 0.2) is 30.4 Å². The van der Waals surface area contributed by atoms with Crippen molar-refractivity contribution in [3.8, 4) is 0 Å². The number of benzene rings is 1. The van der Waals surface area contributed by atoms with E-state index >= 15 is 0 Å². The Kier molecular flexibility index (Phi) is 3.84. The number of hydrogen-bond acceptors (Lipinski definition) is 1. The van der Waals surface area contributed by atoms with Gasteiger partial charge in [-0.3, -0.25) is 4.79 Å². The van der Waals surface area contributed by atoms with Gasteiger partial charge in [-0.15, -0.1) is 0 Å². The van der Waals surface area contributed by atoms with Crippen LogP contribution < -0.4 is 0 Å². The monoisotopic (exact) mass is 212 g/mol. The number of hydrogen-bond donors (Lipinski definition) is 0. The van der Waals surface area contributed by atoms with Gasteiger partial charge in [0.25, 0.3) is 0 Å². The maximum atomic E-state index is 12.8. The molecular weight excluding hydrogens is 203 g/mol. The van der Waals surface area contributed by atoms with Crippen LogP contribution in [0.3, 0.4) is 0 Å². The first-order valence-corrected chi connectivity index (χ1v) is 4.69. The summed E-state index contributed by atoms with van der Waals surface area (Å²) in [6, 6.07) is 3.94. The zero-order chi connectivity index (χ0) is 10.6. The second-order valence-corrected chi connectivity index (χ2v) is 3.21. The highest BCUT2D eigenvalue weighted by atomic mass is 35.5. The zero-order valence-corrected chi connectivity index (χ0v) is 8.51. The van der Waals surface area contributed by atoms with Crippen molar-refractivity contribution in [3.05, 3.63) is 46.8 Å². The molecule has 0 saturated carbocycles. The summed E-state index contributed by atoms with van der Waals surface area (Å²) in [5, 5.41) is -0.0271. The molecule has 0 heterocycles. The minimum atomic E-state index is -0.511. The van der Waals surface area contributed by atoms with E-state index in [2.05, 4.69) is 0 Å². The van der Waals surface area contributed by atoms with Crippen molar-refractivity contribution in [2.45, 2.75) is 13.3 Å². The Morgan fingerprint density at radius 2 is 2.29 bits per heavy atom. The van der Waals surface area contributed by atoms with Gasteiger partial charge in [-0.1, -0.05) is 24.6 Å². The van der Waals surface area contributed by atoms with Crippen LogP contribution in [0.25, 0.3) is 0 Å². The van der Waals surface area contributed by atoms with E-state index in [4.69, 9.17) is 11.6 Å². The van der Waals surface area contributed by atoms with Gasteiger partial charge in [0.1, 0.15) is 5.82 Å². The van der Waals surface area contributed by atoms with Crippen molar-refractivity contribution < 1.29 is 9.18 Å². The van der Waals surface area contributed by atoms with Crippen molar-refractivity contribution in [1.82, 2.24) is 0 Å². The summed E-state index contributed by atoms with van der Waals surface area (Å²) < 4.78 is 12.8. The Morgan fingerprint density at radius 1 is 1.57 bits per heavy atom. The van der Waals surface area contributed by atoms with Crippen molar-refractivity contribution in [1.29, 1.82) is 0 Å². The molecule has 1 aromatic rings. The van der Waals surface area contributed by atoms with E-state index in [0.29, 0.717) is 5.56 Å². The molecule has 1 nitrogen and oxygen atoms in total. The largest absolute Gasteiger partial charge is 0.289 e. The molecule has 0 fully saturated rings. The van der Waals surface area contributed by atoms with Crippen LogP contribution in [0.5, 0.6) is 0 Å². The van der Waals surface area contributed by atoms with Crippen LogP contribution in [0.1, 0.15) is 23.7 Å². The predicted octanol–water partition coefficient (Wildman–Crippen LogP) is 3.63. The lowest BCUT2D eigenvalue weighted by molar-refractivity contribution is 0.104. The topological polar surface area (TPSA) is 17.1 Å². The molecule has 0 spiro atoms. The van der Waals surface area contributed by atoms with Gasteiger partial charge in [-0.25, -0.2) is 4.39 Å². The van der Waals surface area contributed by atoms with Crippen molar-refractivity contribution >= 4 is 17.4 Å². The minimum Gasteiger partial charge on any atom is -0.289 e.